The molecule has 6 nitrogen and oxygen atoms in total. The molecule has 0 unspecified atom stereocenters. The van der Waals surface area contributed by atoms with E-state index in [4.69, 9.17) is 0 Å². The number of benzene rings is 2. The normalized spacial score (nSPS) is 14.4. The minimum absolute atomic E-state index is 0.185. The molecular weight excluding hydrogens is 371 g/mol. The van der Waals surface area contributed by atoms with Crippen LogP contribution < -0.4 is 16.0 Å². The van der Waals surface area contributed by atoms with Crippen molar-refractivity contribution in [1.29, 1.82) is 0 Å². The van der Waals surface area contributed by atoms with E-state index >= 15 is 0 Å². The highest BCUT2D eigenvalue weighted by atomic mass is 19.1. The topological polar surface area (TPSA) is 73.5 Å². The van der Waals surface area contributed by atoms with E-state index in [1.807, 2.05) is 26.0 Å². The van der Waals surface area contributed by atoms with Crippen LogP contribution in [0.1, 0.15) is 24.0 Å². The molecule has 4 amide bonds. The predicted molar refractivity (Wildman–Crippen MR) is 113 cm³/mol. The summed E-state index contributed by atoms with van der Waals surface area (Å²) < 4.78 is 13.0. The van der Waals surface area contributed by atoms with Gasteiger partial charge in [-0.3, -0.25) is 0 Å². The zero-order chi connectivity index (χ0) is 20.8. The van der Waals surface area contributed by atoms with Crippen LogP contribution in [0.25, 0.3) is 0 Å². The molecule has 0 aromatic heterocycles. The Bertz CT molecular complexity index is 841. The van der Waals surface area contributed by atoms with Crippen LogP contribution in [0.2, 0.25) is 0 Å². The summed E-state index contributed by atoms with van der Waals surface area (Å²) in [5, 5.41) is 8.58. The van der Waals surface area contributed by atoms with Crippen LogP contribution in [-0.4, -0.2) is 36.6 Å². The third-order valence-corrected chi connectivity index (χ3v) is 5.03. The fourth-order valence-corrected chi connectivity index (χ4v) is 3.54. The van der Waals surface area contributed by atoms with Crippen molar-refractivity contribution in [3.8, 4) is 0 Å². The van der Waals surface area contributed by atoms with Crippen LogP contribution in [0.4, 0.5) is 25.4 Å². The second-order valence-corrected chi connectivity index (χ2v) is 7.58. The largest absolute Gasteiger partial charge is 0.338 e. The number of hydrogen-bond donors (Lipinski definition) is 3. The maximum Gasteiger partial charge on any atom is 0.321 e. The fraction of sp³-hybridized carbons (Fsp3) is 0.364. The van der Waals surface area contributed by atoms with Gasteiger partial charge in [-0.25, -0.2) is 14.0 Å². The van der Waals surface area contributed by atoms with Crippen molar-refractivity contribution in [2.75, 3.05) is 30.3 Å². The average molecular weight is 398 g/mol. The average Bonchev–Trinajstić information content (AvgIpc) is 2.68. The number of hydrogen-bond acceptors (Lipinski definition) is 2. The lowest BCUT2D eigenvalue weighted by Crippen LogP contribution is -2.43. The number of piperidine rings is 1. The number of urea groups is 2. The van der Waals surface area contributed by atoms with E-state index in [0.717, 1.165) is 29.7 Å². The number of likely N-dealkylation sites (tertiary alicyclic amines) is 1. The van der Waals surface area contributed by atoms with Crippen LogP contribution in [0.3, 0.4) is 0 Å². The second kappa shape index (κ2) is 9.41. The molecule has 2 aromatic rings. The molecule has 0 bridgehead atoms. The van der Waals surface area contributed by atoms with E-state index < -0.39 is 0 Å². The molecular formula is C22H27FN4O2. The summed E-state index contributed by atoms with van der Waals surface area (Å²) in [6, 6.07) is 11.2. The van der Waals surface area contributed by atoms with Crippen molar-refractivity contribution >= 4 is 23.4 Å². The Labute approximate surface area is 170 Å². The second-order valence-electron chi connectivity index (χ2n) is 7.58. The Morgan fingerprint density at radius 3 is 2.21 bits per heavy atom. The first kappa shape index (κ1) is 20.6. The van der Waals surface area contributed by atoms with Gasteiger partial charge < -0.3 is 20.9 Å². The molecule has 1 aliphatic heterocycles. The molecule has 7 heteroatoms. The third kappa shape index (κ3) is 6.20. The number of halogens is 1. The van der Waals surface area contributed by atoms with E-state index in [1.165, 1.54) is 24.3 Å². The SMILES string of the molecule is Cc1cc(C)cc(NC(=O)NCC2CCN(C(=O)Nc3ccc(F)cc3)CC2)c1. The molecule has 29 heavy (non-hydrogen) atoms. The highest BCUT2D eigenvalue weighted by Crippen LogP contribution is 2.18. The van der Waals surface area contributed by atoms with Gasteiger partial charge in [-0.15, -0.1) is 0 Å². The van der Waals surface area contributed by atoms with Gasteiger partial charge in [0.2, 0.25) is 0 Å². The standard InChI is InChI=1S/C22H27FN4O2/c1-15-11-16(2)13-20(12-15)25-21(28)24-14-17-7-9-27(10-8-17)22(29)26-19-5-3-18(23)4-6-19/h3-6,11-13,17H,7-10,14H2,1-2H3,(H,26,29)(H2,24,25,28). The molecule has 2 aromatic carbocycles. The van der Waals surface area contributed by atoms with Gasteiger partial charge in [0.05, 0.1) is 0 Å². The molecule has 0 radical (unpaired) electrons. The highest BCUT2D eigenvalue weighted by molar-refractivity contribution is 5.90. The Hall–Kier alpha value is -3.09. The molecule has 1 fully saturated rings. The van der Waals surface area contributed by atoms with Gasteiger partial charge in [0.1, 0.15) is 5.82 Å². The van der Waals surface area contributed by atoms with E-state index in [2.05, 4.69) is 22.0 Å². The maximum absolute atomic E-state index is 13.0. The highest BCUT2D eigenvalue weighted by Gasteiger charge is 2.23. The van der Waals surface area contributed by atoms with Gasteiger partial charge >= 0.3 is 12.1 Å². The Kier molecular flexibility index (Phi) is 6.69. The summed E-state index contributed by atoms with van der Waals surface area (Å²) in [6.07, 6.45) is 1.64. The molecule has 154 valence electrons. The number of carbonyl (C=O) groups excluding carboxylic acids is 2. The third-order valence-electron chi connectivity index (χ3n) is 5.03. The van der Waals surface area contributed by atoms with E-state index in [-0.39, 0.29) is 17.9 Å². The van der Waals surface area contributed by atoms with Gasteiger partial charge in [-0.1, -0.05) is 6.07 Å². The number of nitrogens with zero attached hydrogens (tertiary/aromatic N) is 1. The number of aryl methyl sites for hydroxylation is 2. The fourth-order valence-electron chi connectivity index (χ4n) is 3.54. The molecule has 0 aliphatic carbocycles. The Balaban J connectivity index is 1.39. The first-order valence-corrected chi connectivity index (χ1v) is 9.84. The minimum atomic E-state index is -0.335. The first-order valence-electron chi connectivity index (χ1n) is 9.84. The number of carbonyl (C=O) groups is 2. The summed E-state index contributed by atoms with van der Waals surface area (Å²) in [5.74, 6) is -0.00671. The monoisotopic (exact) mass is 398 g/mol. The van der Waals surface area contributed by atoms with Crippen LogP contribution in [-0.2, 0) is 0 Å². The van der Waals surface area contributed by atoms with Crippen molar-refractivity contribution < 1.29 is 14.0 Å². The molecule has 0 saturated carbocycles. The predicted octanol–water partition coefficient (Wildman–Crippen LogP) is 4.51. The van der Waals surface area contributed by atoms with Crippen molar-refractivity contribution in [2.24, 2.45) is 5.92 Å². The zero-order valence-corrected chi connectivity index (χ0v) is 16.8. The lowest BCUT2D eigenvalue weighted by molar-refractivity contribution is 0.181. The molecule has 3 N–H and O–H groups in total. The Morgan fingerprint density at radius 1 is 0.966 bits per heavy atom. The van der Waals surface area contributed by atoms with E-state index in [9.17, 15) is 14.0 Å². The smallest absolute Gasteiger partial charge is 0.321 e. The van der Waals surface area contributed by atoms with E-state index in [0.29, 0.717) is 31.2 Å². The summed E-state index contributed by atoms with van der Waals surface area (Å²) in [5.41, 5.74) is 3.56. The number of anilines is 2. The molecule has 0 atom stereocenters. The van der Waals surface area contributed by atoms with E-state index in [1.54, 1.807) is 4.90 Å². The van der Waals surface area contributed by atoms with Crippen molar-refractivity contribution in [1.82, 2.24) is 10.2 Å². The van der Waals surface area contributed by atoms with Gasteiger partial charge in [-0.2, -0.15) is 0 Å². The lowest BCUT2D eigenvalue weighted by atomic mass is 9.97. The first-order chi connectivity index (χ1) is 13.9. The molecule has 1 saturated heterocycles. The summed E-state index contributed by atoms with van der Waals surface area (Å²) in [7, 11) is 0. The number of amides is 4. The molecule has 1 aliphatic rings. The van der Waals surface area contributed by atoms with Crippen molar-refractivity contribution in [3.63, 3.8) is 0 Å². The van der Waals surface area contributed by atoms with Crippen molar-refractivity contribution in [2.45, 2.75) is 26.7 Å². The Morgan fingerprint density at radius 2 is 1.59 bits per heavy atom. The summed E-state index contributed by atoms with van der Waals surface area (Å²) >= 11 is 0. The van der Waals surface area contributed by atoms with Gasteiger partial charge in [-0.05, 0) is 80.1 Å². The van der Waals surface area contributed by atoms with Gasteiger partial charge in [0.25, 0.3) is 0 Å². The summed E-state index contributed by atoms with van der Waals surface area (Å²) in [4.78, 5) is 26.2. The van der Waals surface area contributed by atoms with Crippen molar-refractivity contribution in [3.05, 3.63) is 59.4 Å². The van der Waals surface area contributed by atoms with Crippen LogP contribution in [0.5, 0.6) is 0 Å². The number of nitrogens with one attached hydrogen (secondary N) is 3. The molecule has 0 spiro atoms. The minimum Gasteiger partial charge on any atom is -0.338 e. The van der Waals surface area contributed by atoms with Gasteiger partial charge in [0.15, 0.2) is 0 Å². The van der Waals surface area contributed by atoms with Crippen LogP contribution in [0.15, 0.2) is 42.5 Å². The zero-order valence-electron chi connectivity index (χ0n) is 16.8. The summed E-state index contributed by atoms with van der Waals surface area (Å²) in [6.45, 7) is 5.81. The quantitative estimate of drug-likeness (QED) is 0.709. The number of rotatable bonds is 4. The van der Waals surface area contributed by atoms with Crippen LogP contribution in [0, 0.1) is 25.6 Å². The van der Waals surface area contributed by atoms with Crippen LogP contribution >= 0.6 is 0 Å². The maximum atomic E-state index is 13.0. The molecule has 1 heterocycles. The lowest BCUT2D eigenvalue weighted by Gasteiger charge is -2.32. The van der Waals surface area contributed by atoms with Gasteiger partial charge in [0, 0.05) is 31.0 Å². The molecule has 3 rings (SSSR count).